The van der Waals surface area contributed by atoms with E-state index >= 15 is 0 Å². The lowest BCUT2D eigenvalue weighted by molar-refractivity contribution is -0.124. The van der Waals surface area contributed by atoms with Gasteiger partial charge in [-0.2, -0.15) is 0 Å². The zero-order valence-corrected chi connectivity index (χ0v) is 49.0. The van der Waals surface area contributed by atoms with E-state index in [2.05, 4.69) is 67.8 Å². The molecule has 4 N–H and O–H groups in total. The first-order valence-corrected chi connectivity index (χ1v) is 32.6. The minimum atomic E-state index is -0.963. The van der Waals surface area contributed by atoms with Crippen LogP contribution < -0.4 is 5.32 Å². The Labute approximate surface area is 456 Å². The molecule has 0 aliphatic rings. The van der Waals surface area contributed by atoms with Crippen LogP contribution in [0.2, 0.25) is 0 Å². The molecule has 1 amide bonds. The number of aliphatic hydroxyl groups is 3. The molecule has 0 fully saturated rings. The highest BCUT2D eigenvalue weighted by Gasteiger charge is 2.20. The number of aliphatic hydroxyl groups excluding tert-OH is 3. The van der Waals surface area contributed by atoms with Crippen molar-refractivity contribution in [1.29, 1.82) is 0 Å². The first-order valence-electron chi connectivity index (χ1n) is 32.6. The molecule has 0 saturated heterocycles. The summed E-state index contributed by atoms with van der Waals surface area (Å²) < 4.78 is 0. The van der Waals surface area contributed by atoms with E-state index in [1.165, 1.54) is 270 Å². The Balaban J connectivity index is 3.57. The molecule has 5 nitrogen and oxygen atoms in total. The van der Waals surface area contributed by atoms with Crippen molar-refractivity contribution in [2.24, 2.45) is 0 Å². The Hall–Kier alpha value is -1.95. The van der Waals surface area contributed by atoms with Gasteiger partial charge in [-0.3, -0.25) is 4.79 Å². The molecule has 5 heteroatoms. The van der Waals surface area contributed by atoms with Crippen molar-refractivity contribution in [3.63, 3.8) is 0 Å². The van der Waals surface area contributed by atoms with E-state index < -0.39 is 18.2 Å². The minimum Gasteiger partial charge on any atom is -0.394 e. The van der Waals surface area contributed by atoms with Gasteiger partial charge in [0.25, 0.3) is 0 Å². The molecule has 428 valence electrons. The molecule has 0 aromatic rings. The van der Waals surface area contributed by atoms with Gasteiger partial charge in [0.05, 0.1) is 31.3 Å². The fourth-order valence-corrected chi connectivity index (χ4v) is 10.1. The predicted molar refractivity (Wildman–Crippen MR) is 324 cm³/mol. The van der Waals surface area contributed by atoms with Crippen LogP contribution in [0.5, 0.6) is 0 Å². The molecule has 3 unspecified atom stereocenters. The van der Waals surface area contributed by atoms with Gasteiger partial charge >= 0.3 is 0 Å². The number of unbranched alkanes of at least 4 members (excludes halogenated alkanes) is 43. The number of nitrogens with one attached hydrogen (secondary N) is 1. The topological polar surface area (TPSA) is 89.8 Å². The van der Waals surface area contributed by atoms with E-state index in [1.54, 1.807) is 6.08 Å². The third kappa shape index (κ3) is 59.2. The van der Waals surface area contributed by atoms with Gasteiger partial charge < -0.3 is 20.6 Å². The molecule has 0 rings (SSSR count). The molecule has 0 aliphatic carbocycles. The summed E-state index contributed by atoms with van der Waals surface area (Å²) in [5.74, 6) is -0.326. The number of carbonyl (C=O) groups is 1. The normalized spacial score (nSPS) is 13.5. The molecule has 0 aromatic carbocycles. The lowest BCUT2D eigenvalue weighted by atomic mass is 10.0. The van der Waals surface area contributed by atoms with Gasteiger partial charge in [0, 0.05) is 0 Å². The lowest BCUT2D eigenvalue weighted by Crippen LogP contribution is -2.45. The second kappa shape index (κ2) is 62.6. The number of rotatable bonds is 60. The third-order valence-electron chi connectivity index (χ3n) is 15.0. The zero-order chi connectivity index (χ0) is 52.9. The Kier molecular flexibility index (Phi) is 60.9. The van der Waals surface area contributed by atoms with Crippen molar-refractivity contribution in [2.75, 3.05) is 6.61 Å². The summed E-state index contributed by atoms with van der Waals surface area (Å²) in [7, 11) is 0. The molecule has 3 atom stereocenters. The maximum absolute atomic E-state index is 12.6. The van der Waals surface area contributed by atoms with Gasteiger partial charge in [0.15, 0.2) is 0 Å². The van der Waals surface area contributed by atoms with E-state index in [9.17, 15) is 20.1 Å². The van der Waals surface area contributed by atoms with Crippen LogP contribution in [0.15, 0.2) is 60.8 Å². The van der Waals surface area contributed by atoms with Crippen LogP contribution >= 0.6 is 0 Å². The predicted octanol–water partition coefficient (Wildman–Crippen LogP) is 20.9. The minimum absolute atomic E-state index is 0.00178. The van der Waals surface area contributed by atoms with E-state index in [-0.39, 0.29) is 18.9 Å². The van der Waals surface area contributed by atoms with Gasteiger partial charge in [-0.15, -0.1) is 0 Å². The van der Waals surface area contributed by atoms with Crippen LogP contribution in [0, 0.1) is 0 Å². The SMILES string of the molecule is CCCCCCCCCCCCCCC/C=C\C/C=C\CCCCCCCCCCCCCCCCCC(O)CC(=O)NC(CO)C(O)/C=C/CC/C=C/CC/C=C/CCCCCCCCCCCCCCC. The van der Waals surface area contributed by atoms with Gasteiger partial charge in [0.1, 0.15) is 0 Å². The van der Waals surface area contributed by atoms with E-state index in [0.29, 0.717) is 6.42 Å². The van der Waals surface area contributed by atoms with Gasteiger partial charge in [-0.05, 0) is 77.0 Å². The first kappa shape index (κ1) is 71.0. The monoisotopic (exact) mass is 1020 g/mol. The van der Waals surface area contributed by atoms with E-state index in [1.807, 2.05) is 6.08 Å². The van der Waals surface area contributed by atoms with Crippen molar-refractivity contribution in [1.82, 2.24) is 5.32 Å². The number of hydrogen-bond acceptors (Lipinski definition) is 4. The molecule has 73 heavy (non-hydrogen) atoms. The van der Waals surface area contributed by atoms with Crippen LogP contribution in [0.4, 0.5) is 0 Å². The highest BCUT2D eigenvalue weighted by atomic mass is 16.3. The van der Waals surface area contributed by atoms with Crippen molar-refractivity contribution in [2.45, 2.75) is 360 Å². The van der Waals surface area contributed by atoms with Crippen LogP contribution in [0.1, 0.15) is 341 Å². The van der Waals surface area contributed by atoms with E-state index in [4.69, 9.17) is 0 Å². The molecule has 0 bridgehead atoms. The summed E-state index contributed by atoms with van der Waals surface area (Å²) in [6, 6.07) is -0.771. The standard InChI is InChI=1S/C68H127NO4/c1-3-5-7-9-11-13-15-17-19-21-23-25-27-28-29-30-31-32-33-34-35-36-37-38-40-41-43-45-47-49-51-53-55-57-59-61-65(71)63-68(73)69-66(64-70)67(72)62-60-58-56-54-52-50-48-46-44-42-39-26-24-22-20-18-16-14-12-10-8-6-4-2/h29-30,32-33,44,46,52,54,60,62,65-67,70-72H,3-28,31,34-43,45,47-51,53,55-59,61,63-64H2,1-2H3,(H,69,73)/b30-29-,33-32-,46-44+,54-52+,62-60+. The van der Waals surface area contributed by atoms with Crippen LogP contribution in [-0.4, -0.2) is 46.1 Å². The van der Waals surface area contributed by atoms with Crippen LogP contribution in [0.3, 0.4) is 0 Å². The molecular formula is C68H127NO4. The largest absolute Gasteiger partial charge is 0.394 e. The highest BCUT2D eigenvalue weighted by Crippen LogP contribution is 2.18. The number of carbonyl (C=O) groups excluding carboxylic acids is 1. The Bertz CT molecular complexity index is 1220. The van der Waals surface area contributed by atoms with Crippen molar-refractivity contribution in [3.05, 3.63) is 60.8 Å². The quantitative estimate of drug-likeness (QED) is 0.0361. The first-order chi connectivity index (χ1) is 36.0. The summed E-state index contributed by atoms with van der Waals surface area (Å²) in [5, 5.41) is 33.5. The average Bonchev–Trinajstić information content (AvgIpc) is 3.39. The maximum Gasteiger partial charge on any atom is 0.222 e. The van der Waals surface area contributed by atoms with Crippen LogP contribution in [0.25, 0.3) is 0 Å². The summed E-state index contributed by atoms with van der Waals surface area (Å²) >= 11 is 0. The lowest BCUT2D eigenvalue weighted by Gasteiger charge is -2.21. The average molecular weight is 1020 g/mol. The molecule has 0 radical (unpaired) electrons. The molecule has 0 saturated carbocycles. The van der Waals surface area contributed by atoms with Gasteiger partial charge in [-0.1, -0.05) is 319 Å². The van der Waals surface area contributed by atoms with Gasteiger partial charge in [-0.25, -0.2) is 0 Å². The number of amides is 1. The van der Waals surface area contributed by atoms with Crippen LogP contribution in [-0.2, 0) is 4.79 Å². The molecule has 0 heterocycles. The van der Waals surface area contributed by atoms with E-state index in [0.717, 1.165) is 44.9 Å². The summed E-state index contributed by atoms with van der Waals surface area (Å²) in [5.41, 5.74) is 0. The third-order valence-corrected chi connectivity index (χ3v) is 15.0. The Morgan fingerprint density at radius 2 is 0.630 bits per heavy atom. The second-order valence-electron chi connectivity index (χ2n) is 22.4. The Morgan fingerprint density at radius 3 is 0.959 bits per heavy atom. The second-order valence-corrected chi connectivity index (χ2v) is 22.4. The molecule has 0 aromatic heterocycles. The fourth-order valence-electron chi connectivity index (χ4n) is 10.1. The van der Waals surface area contributed by atoms with Gasteiger partial charge in [0.2, 0.25) is 5.91 Å². The summed E-state index contributed by atoms with van der Waals surface area (Å²) in [6.07, 6.45) is 86.0. The maximum atomic E-state index is 12.6. The molecule has 0 aliphatic heterocycles. The number of allylic oxidation sites excluding steroid dienone is 9. The van der Waals surface area contributed by atoms with Crippen molar-refractivity contribution >= 4 is 5.91 Å². The highest BCUT2D eigenvalue weighted by molar-refractivity contribution is 5.76. The summed E-state index contributed by atoms with van der Waals surface area (Å²) in [6.45, 7) is 4.23. The van der Waals surface area contributed by atoms with Crippen molar-refractivity contribution in [3.8, 4) is 0 Å². The number of hydrogen-bond donors (Lipinski definition) is 4. The molecule has 0 spiro atoms. The summed E-state index contributed by atoms with van der Waals surface area (Å²) in [4.78, 5) is 12.6. The Morgan fingerprint density at radius 1 is 0.356 bits per heavy atom. The zero-order valence-electron chi connectivity index (χ0n) is 49.0. The fraction of sp³-hybridized carbons (Fsp3) is 0.838. The van der Waals surface area contributed by atoms with Crippen molar-refractivity contribution < 1.29 is 20.1 Å². The molecular weight excluding hydrogens is 895 g/mol. The smallest absolute Gasteiger partial charge is 0.222 e.